The molecule has 0 aliphatic carbocycles. The molecule has 120 valence electrons. The Morgan fingerprint density at radius 1 is 1.24 bits per heavy atom. The highest BCUT2D eigenvalue weighted by atomic mass is 19.4. The summed E-state index contributed by atoms with van der Waals surface area (Å²) in [7, 11) is 1.52. The van der Waals surface area contributed by atoms with Gasteiger partial charge in [-0.25, -0.2) is 0 Å². The van der Waals surface area contributed by atoms with Crippen molar-refractivity contribution in [3.63, 3.8) is 0 Å². The van der Waals surface area contributed by atoms with Crippen molar-refractivity contribution in [1.29, 1.82) is 0 Å². The smallest absolute Gasteiger partial charge is 0.310 e. The summed E-state index contributed by atoms with van der Waals surface area (Å²) < 4.78 is 37.1. The molecule has 0 aliphatic rings. The minimum atomic E-state index is -4.14. The molecule has 1 unspecified atom stereocenters. The van der Waals surface area contributed by atoms with E-state index in [1.54, 1.807) is 0 Å². The maximum atomic E-state index is 12.4. The van der Waals surface area contributed by atoms with E-state index in [2.05, 4.69) is 12.2 Å². The number of nitrogens with zero attached hydrogens (tertiary/aromatic N) is 1. The second kappa shape index (κ2) is 8.39. The summed E-state index contributed by atoms with van der Waals surface area (Å²) in [6, 6.07) is 8.14. The Morgan fingerprint density at radius 3 is 2.48 bits per heavy atom. The van der Waals surface area contributed by atoms with E-state index in [9.17, 15) is 13.2 Å². The topological polar surface area (TPSA) is 15.3 Å². The van der Waals surface area contributed by atoms with Gasteiger partial charge in [0.25, 0.3) is 0 Å². The van der Waals surface area contributed by atoms with Gasteiger partial charge in [-0.2, -0.15) is 13.2 Å². The molecule has 2 nitrogen and oxygen atoms in total. The molecule has 0 saturated heterocycles. The Hall–Kier alpha value is -1.07. The summed E-state index contributed by atoms with van der Waals surface area (Å²) in [6.45, 7) is 4.53. The summed E-state index contributed by atoms with van der Waals surface area (Å²) in [6.07, 6.45) is -2.47. The van der Waals surface area contributed by atoms with Crippen LogP contribution in [0.5, 0.6) is 0 Å². The molecule has 1 aromatic carbocycles. The molecule has 5 heteroatoms. The number of aryl methyl sites for hydroxylation is 1. The van der Waals surface area contributed by atoms with Crippen LogP contribution in [-0.2, 0) is 0 Å². The number of hydrogen-bond acceptors (Lipinski definition) is 2. The Bertz CT molecular complexity index is 418. The van der Waals surface area contributed by atoms with E-state index in [1.165, 1.54) is 23.1 Å². The Kier molecular flexibility index (Phi) is 7.18. The van der Waals surface area contributed by atoms with Crippen molar-refractivity contribution in [2.75, 3.05) is 26.7 Å². The van der Waals surface area contributed by atoms with Crippen LogP contribution in [0.2, 0.25) is 0 Å². The highest BCUT2D eigenvalue weighted by molar-refractivity contribution is 5.28. The maximum absolute atomic E-state index is 12.4. The standard InChI is InChI=1S/C16H25F3N2/c1-4-10-20-15(14-8-6-5-7-13(14)2)9-11-21(3)12-16(17,18)19/h5-8,15,20H,4,9-12H2,1-3H3. The minimum absolute atomic E-state index is 0.0989. The van der Waals surface area contributed by atoms with E-state index in [1.807, 2.05) is 31.2 Å². The quantitative estimate of drug-likeness (QED) is 0.783. The lowest BCUT2D eigenvalue weighted by atomic mass is 9.98. The van der Waals surface area contributed by atoms with Crippen LogP contribution in [-0.4, -0.2) is 37.8 Å². The summed E-state index contributed by atoms with van der Waals surface area (Å²) in [4.78, 5) is 1.33. The predicted octanol–water partition coefficient (Wildman–Crippen LogP) is 3.92. The molecular weight excluding hydrogens is 277 g/mol. The fraction of sp³-hybridized carbons (Fsp3) is 0.625. The van der Waals surface area contributed by atoms with Gasteiger partial charge in [0.05, 0.1) is 6.54 Å². The van der Waals surface area contributed by atoms with Crippen molar-refractivity contribution in [3.05, 3.63) is 35.4 Å². The van der Waals surface area contributed by atoms with Gasteiger partial charge in [0, 0.05) is 6.04 Å². The van der Waals surface area contributed by atoms with Crippen molar-refractivity contribution < 1.29 is 13.2 Å². The van der Waals surface area contributed by atoms with Crippen molar-refractivity contribution in [2.45, 2.75) is 38.9 Å². The summed E-state index contributed by atoms with van der Waals surface area (Å²) in [5.74, 6) is 0. The van der Waals surface area contributed by atoms with Gasteiger partial charge in [-0.1, -0.05) is 31.2 Å². The molecule has 0 fully saturated rings. The predicted molar refractivity (Wildman–Crippen MR) is 80.4 cm³/mol. The third kappa shape index (κ3) is 6.96. The molecule has 0 bridgehead atoms. The number of halogens is 3. The lowest BCUT2D eigenvalue weighted by molar-refractivity contribution is -0.143. The zero-order valence-electron chi connectivity index (χ0n) is 13.0. The van der Waals surface area contributed by atoms with E-state index < -0.39 is 12.7 Å². The number of nitrogens with one attached hydrogen (secondary N) is 1. The number of alkyl halides is 3. The summed E-state index contributed by atoms with van der Waals surface area (Å²) in [5.41, 5.74) is 2.34. The van der Waals surface area contributed by atoms with Crippen LogP contribution in [0.4, 0.5) is 13.2 Å². The number of hydrogen-bond donors (Lipinski definition) is 1. The van der Waals surface area contributed by atoms with Gasteiger partial charge in [-0.15, -0.1) is 0 Å². The van der Waals surface area contributed by atoms with Gasteiger partial charge in [-0.3, -0.25) is 4.90 Å². The third-order valence-corrected chi connectivity index (χ3v) is 3.45. The van der Waals surface area contributed by atoms with Crippen LogP contribution in [0.1, 0.15) is 36.9 Å². The second-order valence-electron chi connectivity index (χ2n) is 5.50. The minimum Gasteiger partial charge on any atom is -0.310 e. The maximum Gasteiger partial charge on any atom is 0.401 e. The molecule has 1 N–H and O–H groups in total. The molecule has 1 atom stereocenters. The van der Waals surface area contributed by atoms with Crippen LogP contribution in [0, 0.1) is 6.92 Å². The van der Waals surface area contributed by atoms with Crippen LogP contribution >= 0.6 is 0 Å². The van der Waals surface area contributed by atoms with E-state index in [-0.39, 0.29) is 6.04 Å². The van der Waals surface area contributed by atoms with Crippen molar-refractivity contribution in [1.82, 2.24) is 10.2 Å². The molecular formula is C16H25F3N2. The van der Waals surface area contributed by atoms with Gasteiger partial charge < -0.3 is 5.32 Å². The first-order chi connectivity index (χ1) is 9.83. The van der Waals surface area contributed by atoms with E-state index in [4.69, 9.17) is 0 Å². The Morgan fingerprint density at radius 2 is 1.90 bits per heavy atom. The Balaban J connectivity index is 2.65. The largest absolute Gasteiger partial charge is 0.401 e. The molecule has 0 spiro atoms. The van der Waals surface area contributed by atoms with Gasteiger partial charge in [-0.05, 0) is 51.0 Å². The molecule has 0 saturated carbocycles. The van der Waals surface area contributed by atoms with Gasteiger partial charge >= 0.3 is 6.18 Å². The molecule has 0 radical (unpaired) electrons. The fourth-order valence-corrected chi connectivity index (χ4v) is 2.40. The SMILES string of the molecule is CCCNC(CCN(C)CC(F)(F)F)c1ccccc1C. The first-order valence-electron chi connectivity index (χ1n) is 7.37. The first-order valence-corrected chi connectivity index (χ1v) is 7.37. The van der Waals surface area contributed by atoms with Gasteiger partial charge in [0.1, 0.15) is 0 Å². The zero-order valence-corrected chi connectivity index (χ0v) is 13.0. The van der Waals surface area contributed by atoms with E-state index >= 15 is 0 Å². The second-order valence-corrected chi connectivity index (χ2v) is 5.50. The highest BCUT2D eigenvalue weighted by Gasteiger charge is 2.29. The van der Waals surface area contributed by atoms with E-state index in [0.29, 0.717) is 13.0 Å². The van der Waals surface area contributed by atoms with Crippen LogP contribution in [0.15, 0.2) is 24.3 Å². The van der Waals surface area contributed by atoms with Crippen LogP contribution in [0.3, 0.4) is 0 Å². The molecule has 0 heterocycles. The average Bonchev–Trinajstić information content (AvgIpc) is 2.38. The third-order valence-electron chi connectivity index (χ3n) is 3.45. The highest BCUT2D eigenvalue weighted by Crippen LogP contribution is 2.22. The molecule has 21 heavy (non-hydrogen) atoms. The molecule has 1 aromatic rings. The fourth-order valence-electron chi connectivity index (χ4n) is 2.40. The molecule has 0 aliphatic heterocycles. The number of rotatable bonds is 8. The summed E-state index contributed by atoms with van der Waals surface area (Å²) in [5, 5.41) is 3.44. The van der Waals surface area contributed by atoms with Crippen LogP contribution in [0.25, 0.3) is 0 Å². The van der Waals surface area contributed by atoms with Crippen molar-refractivity contribution in [2.24, 2.45) is 0 Å². The molecule has 0 aromatic heterocycles. The monoisotopic (exact) mass is 302 g/mol. The lowest BCUT2D eigenvalue weighted by Gasteiger charge is -2.24. The normalized spacial score (nSPS) is 13.7. The number of benzene rings is 1. The lowest BCUT2D eigenvalue weighted by Crippen LogP contribution is -2.34. The zero-order chi connectivity index (χ0) is 15.9. The van der Waals surface area contributed by atoms with Crippen molar-refractivity contribution in [3.8, 4) is 0 Å². The first kappa shape index (κ1) is 18.0. The van der Waals surface area contributed by atoms with Crippen molar-refractivity contribution >= 4 is 0 Å². The van der Waals surface area contributed by atoms with Gasteiger partial charge in [0.15, 0.2) is 0 Å². The average molecular weight is 302 g/mol. The summed E-state index contributed by atoms with van der Waals surface area (Å²) >= 11 is 0. The van der Waals surface area contributed by atoms with Crippen LogP contribution < -0.4 is 5.32 Å². The Labute approximate surface area is 125 Å². The van der Waals surface area contributed by atoms with E-state index in [0.717, 1.165) is 13.0 Å². The molecule has 0 amide bonds. The van der Waals surface area contributed by atoms with Gasteiger partial charge in [0.2, 0.25) is 0 Å². The molecule has 1 rings (SSSR count).